The van der Waals surface area contributed by atoms with Crippen molar-refractivity contribution < 1.29 is 4.74 Å². The standard InChI is InChI=1S/C9H12BrNO/c1-4-8(10)9(12-3)5-7(2)6-11/h5H,4H2,1-3H3/b7-5+,9-8-. The number of ether oxygens (including phenoxy) is 1. The predicted octanol–water partition coefficient (Wildman–Crippen LogP) is 3.12. The van der Waals surface area contributed by atoms with Crippen molar-refractivity contribution in [3.63, 3.8) is 0 Å². The molecule has 0 aliphatic carbocycles. The Hall–Kier alpha value is -0.750. The maximum atomic E-state index is 8.52. The van der Waals surface area contributed by atoms with Crippen molar-refractivity contribution in [2.75, 3.05) is 7.11 Å². The summed E-state index contributed by atoms with van der Waals surface area (Å²) in [6.07, 6.45) is 2.58. The lowest BCUT2D eigenvalue weighted by Crippen LogP contribution is -1.86. The van der Waals surface area contributed by atoms with Gasteiger partial charge in [0.2, 0.25) is 0 Å². The van der Waals surface area contributed by atoms with Crippen molar-refractivity contribution >= 4 is 15.9 Å². The normalized spacial score (nSPS) is 13.4. The van der Waals surface area contributed by atoms with Gasteiger partial charge in [0.1, 0.15) is 5.76 Å². The minimum atomic E-state index is 0.636. The highest BCUT2D eigenvalue weighted by atomic mass is 79.9. The molecule has 0 aliphatic heterocycles. The highest BCUT2D eigenvalue weighted by Gasteiger charge is 1.99. The fourth-order valence-electron chi connectivity index (χ4n) is 0.651. The Bertz CT molecular complexity index is 248. The maximum absolute atomic E-state index is 8.52. The number of nitrogens with zero attached hydrogens (tertiary/aromatic N) is 1. The van der Waals surface area contributed by atoms with Crippen molar-refractivity contribution in [3.05, 3.63) is 21.9 Å². The minimum Gasteiger partial charge on any atom is -0.496 e. The van der Waals surface area contributed by atoms with E-state index in [2.05, 4.69) is 15.9 Å². The van der Waals surface area contributed by atoms with E-state index in [4.69, 9.17) is 10.00 Å². The first kappa shape index (κ1) is 11.2. The van der Waals surface area contributed by atoms with Crippen LogP contribution in [0.5, 0.6) is 0 Å². The Morgan fingerprint density at radius 3 is 2.58 bits per heavy atom. The van der Waals surface area contributed by atoms with Gasteiger partial charge in [0, 0.05) is 10.1 Å². The average molecular weight is 230 g/mol. The Morgan fingerprint density at radius 2 is 2.25 bits per heavy atom. The molecule has 0 heterocycles. The van der Waals surface area contributed by atoms with Gasteiger partial charge >= 0.3 is 0 Å². The van der Waals surface area contributed by atoms with Gasteiger partial charge in [-0.2, -0.15) is 5.26 Å². The molecule has 0 aliphatic rings. The lowest BCUT2D eigenvalue weighted by molar-refractivity contribution is 0.304. The van der Waals surface area contributed by atoms with E-state index in [0.29, 0.717) is 5.57 Å². The van der Waals surface area contributed by atoms with Gasteiger partial charge in [-0.3, -0.25) is 0 Å². The largest absolute Gasteiger partial charge is 0.496 e. The number of rotatable bonds is 3. The molecule has 12 heavy (non-hydrogen) atoms. The lowest BCUT2D eigenvalue weighted by atomic mass is 10.2. The zero-order chi connectivity index (χ0) is 9.56. The average Bonchev–Trinajstić information content (AvgIpc) is 2.12. The van der Waals surface area contributed by atoms with Crippen LogP contribution >= 0.6 is 15.9 Å². The van der Waals surface area contributed by atoms with Crippen molar-refractivity contribution in [2.45, 2.75) is 20.3 Å². The summed E-state index contributed by atoms with van der Waals surface area (Å²) in [6.45, 7) is 3.76. The van der Waals surface area contributed by atoms with Crippen LogP contribution in [0.1, 0.15) is 20.3 Å². The molecule has 0 fully saturated rings. The summed E-state index contributed by atoms with van der Waals surface area (Å²) in [5, 5.41) is 8.52. The first-order valence-electron chi connectivity index (χ1n) is 3.66. The second-order valence-electron chi connectivity index (χ2n) is 2.27. The highest BCUT2D eigenvalue weighted by Crippen LogP contribution is 2.18. The van der Waals surface area contributed by atoms with E-state index >= 15 is 0 Å². The van der Waals surface area contributed by atoms with Gasteiger partial charge < -0.3 is 4.74 Å². The van der Waals surface area contributed by atoms with E-state index in [1.165, 1.54) is 0 Å². The van der Waals surface area contributed by atoms with Crippen LogP contribution < -0.4 is 0 Å². The minimum absolute atomic E-state index is 0.636. The fraction of sp³-hybridized carbons (Fsp3) is 0.444. The highest BCUT2D eigenvalue weighted by molar-refractivity contribution is 9.11. The molecule has 0 unspecified atom stereocenters. The zero-order valence-electron chi connectivity index (χ0n) is 7.52. The van der Waals surface area contributed by atoms with E-state index in [1.54, 1.807) is 20.1 Å². The first-order chi connectivity index (χ1) is 5.65. The maximum Gasteiger partial charge on any atom is 0.129 e. The Balaban J connectivity index is 4.72. The third kappa shape index (κ3) is 3.59. The summed E-state index contributed by atoms with van der Waals surface area (Å²) in [5.41, 5.74) is 0.636. The molecule has 0 atom stereocenters. The topological polar surface area (TPSA) is 33.0 Å². The molecule has 0 aromatic rings. The summed E-state index contributed by atoms with van der Waals surface area (Å²) in [4.78, 5) is 0. The van der Waals surface area contributed by atoms with Gasteiger partial charge in [-0.05, 0) is 19.4 Å². The molecule has 0 saturated heterocycles. The SMILES string of the molecule is CC/C(Br)=C(\C=C(/C)C#N)OC. The molecule has 0 saturated carbocycles. The smallest absolute Gasteiger partial charge is 0.129 e. The van der Waals surface area contributed by atoms with Crippen LogP contribution in [0.25, 0.3) is 0 Å². The molecule has 2 nitrogen and oxygen atoms in total. The number of hydrogen-bond acceptors (Lipinski definition) is 2. The summed E-state index contributed by atoms with van der Waals surface area (Å²) >= 11 is 3.36. The number of halogens is 1. The van der Waals surface area contributed by atoms with Crippen molar-refractivity contribution in [1.82, 2.24) is 0 Å². The molecule has 0 bridgehead atoms. The van der Waals surface area contributed by atoms with Crippen LogP contribution in [0.3, 0.4) is 0 Å². The van der Waals surface area contributed by atoms with Gasteiger partial charge in [-0.25, -0.2) is 0 Å². The molecular formula is C9H12BrNO. The van der Waals surface area contributed by atoms with Crippen LogP contribution in [-0.2, 0) is 4.74 Å². The summed E-state index contributed by atoms with van der Waals surface area (Å²) in [6, 6.07) is 2.03. The third-order valence-corrected chi connectivity index (χ3v) is 2.27. The Kier molecular flexibility index (Phi) is 5.48. The van der Waals surface area contributed by atoms with E-state index in [0.717, 1.165) is 16.7 Å². The van der Waals surface area contributed by atoms with Gasteiger partial charge in [0.15, 0.2) is 0 Å². The van der Waals surface area contributed by atoms with E-state index in [1.807, 2.05) is 13.0 Å². The molecule has 0 N–H and O–H groups in total. The molecule has 3 heteroatoms. The molecule has 0 spiro atoms. The van der Waals surface area contributed by atoms with Gasteiger partial charge in [0.05, 0.1) is 13.2 Å². The second kappa shape index (κ2) is 5.84. The molecule has 0 aromatic carbocycles. The lowest BCUT2D eigenvalue weighted by Gasteiger charge is -2.03. The molecular weight excluding hydrogens is 218 g/mol. The van der Waals surface area contributed by atoms with Gasteiger partial charge in [0.25, 0.3) is 0 Å². The molecule has 0 amide bonds. The molecule has 0 aromatic heterocycles. The quantitative estimate of drug-likeness (QED) is 0.424. The Morgan fingerprint density at radius 1 is 1.67 bits per heavy atom. The van der Waals surface area contributed by atoms with Gasteiger partial charge in [-0.15, -0.1) is 0 Å². The number of allylic oxidation sites excluding steroid dienone is 3. The van der Waals surface area contributed by atoms with Crippen molar-refractivity contribution in [1.29, 1.82) is 5.26 Å². The van der Waals surface area contributed by atoms with Crippen LogP contribution in [-0.4, -0.2) is 7.11 Å². The van der Waals surface area contributed by atoms with Gasteiger partial charge in [-0.1, -0.05) is 22.9 Å². The van der Waals surface area contributed by atoms with Crippen molar-refractivity contribution in [2.24, 2.45) is 0 Å². The molecule has 0 radical (unpaired) electrons. The number of nitriles is 1. The monoisotopic (exact) mass is 229 g/mol. The Labute approximate surface area is 81.7 Å². The van der Waals surface area contributed by atoms with Crippen LogP contribution in [0, 0.1) is 11.3 Å². The first-order valence-corrected chi connectivity index (χ1v) is 4.46. The molecule has 0 rings (SSSR count). The van der Waals surface area contributed by atoms with E-state index < -0.39 is 0 Å². The number of hydrogen-bond donors (Lipinski definition) is 0. The van der Waals surface area contributed by atoms with Crippen LogP contribution in [0.4, 0.5) is 0 Å². The summed E-state index contributed by atoms with van der Waals surface area (Å²) in [7, 11) is 1.59. The van der Waals surface area contributed by atoms with Crippen molar-refractivity contribution in [3.8, 4) is 6.07 Å². The van der Waals surface area contributed by atoms with Crippen LogP contribution in [0.15, 0.2) is 21.9 Å². The zero-order valence-corrected chi connectivity index (χ0v) is 9.10. The second-order valence-corrected chi connectivity index (χ2v) is 3.22. The summed E-state index contributed by atoms with van der Waals surface area (Å²) in [5.74, 6) is 0.719. The van der Waals surface area contributed by atoms with Crippen LogP contribution in [0.2, 0.25) is 0 Å². The fourth-order valence-corrected chi connectivity index (χ4v) is 0.927. The molecule has 66 valence electrons. The third-order valence-electron chi connectivity index (χ3n) is 1.32. The summed E-state index contributed by atoms with van der Waals surface area (Å²) < 4.78 is 6.05. The van der Waals surface area contributed by atoms with E-state index in [9.17, 15) is 0 Å². The number of methoxy groups -OCH3 is 1. The predicted molar refractivity (Wildman–Crippen MR) is 52.6 cm³/mol. The van der Waals surface area contributed by atoms with E-state index in [-0.39, 0.29) is 0 Å².